The van der Waals surface area contributed by atoms with Gasteiger partial charge in [-0.05, 0) is 30.7 Å². The number of nitrogens with zero attached hydrogens (tertiary/aromatic N) is 4. The van der Waals surface area contributed by atoms with Crippen LogP contribution in [0.3, 0.4) is 0 Å². The quantitative estimate of drug-likeness (QED) is 0.781. The Balaban J connectivity index is 1.53. The molecular formula is C18H19ClN4O2S. The van der Waals surface area contributed by atoms with Crippen LogP contribution in [0.5, 0.6) is 0 Å². The number of rotatable bonds is 2. The van der Waals surface area contributed by atoms with Crippen LogP contribution in [0.2, 0.25) is 5.02 Å². The number of aromatic nitrogens is 1. The fourth-order valence-corrected chi connectivity index (χ4v) is 5.75. The number of hydrogen-bond donors (Lipinski definition) is 0. The second-order valence-electron chi connectivity index (χ2n) is 6.88. The Labute approximate surface area is 157 Å². The van der Waals surface area contributed by atoms with Crippen molar-refractivity contribution in [3.8, 4) is 6.07 Å². The zero-order valence-corrected chi connectivity index (χ0v) is 15.8. The summed E-state index contributed by atoms with van der Waals surface area (Å²) in [5, 5.41) is 10.8. The Morgan fingerprint density at radius 1 is 1.19 bits per heavy atom. The summed E-state index contributed by atoms with van der Waals surface area (Å²) >= 11 is 6.04. The first-order valence-electron chi connectivity index (χ1n) is 8.65. The summed E-state index contributed by atoms with van der Waals surface area (Å²) in [6, 6.07) is 9.57. The molecule has 1 aromatic carbocycles. The molecule has 136 valence electrons. The van der Waals surface area contributed by atoms with Gasteiger partial charge in [0.2, 0.25) is 0 Å². The Morgan fingerprint density at radius 3 is 2.62 bits per heavy atom. The highest BCUT2D eigenvalue weighted by atomic mass is 35.5. The van der Waals surface area contributed by atoms with Crippen molar-refractivity contribution in [1.29, 1.82) is 5.26 Å². The molecule has 4 rings (SSSR count). The van der Waals surface area contributed by atoms with E-state index in [4.69, 9.17) is 16.6 Å². The molecule has 0 N–H and O–H groups in total. The summed E-state index contributed by atoms with van der Waals surface area (Å²) in [4.78, 5) is 9.13. The van der Waals surface area contributed by atoms with Gasteiger partial charge in [-0.3, -0.25) is 4.90 Å². The van der Waals surface area contributed by atoms with Gasteiger partial charge >= 0.3 is 0 Å². The molecule has 1 aromatic heterocycles. The predicted molar refractivity (Wildman–Crippen MR) is 102 cm³/mol. The van der Waals surface area contributed by atoms with E-state index in [1.165, 1.54) is 0 Å². The molecule has 0 spiro atoms. The summed E-state index contributed by atoms with van der Waals surface area (Å²) in [7, 11) is -2.86. The number of hydrogen-bond acceptors (Lipinski definition) is 6. The van der Waals surface area contributed by atoms with Crippen LogP contribution in [0.1, 0.15) is 12.0 Å². The molecule has 0 amide bonds. The highest BCUT2D eigenvalue weighted by Crippen LogP contribution is 2.27. The minimum atomic E-state index is -2.86. The Bertz CT molecular complexity index is 994. The van der Waals surface area contributed by atoms with Gasteiger partial charge in [0.15, 0.2) is 9.84 Å². The number of anilines is 1. The van der Waals surface area contributed by atoms with Crippen molar-refractivity contribution in [1.82, 2.24) is 9.88 Å². The lowest BCUT2D eigenvalue weighted by Crippen LogP contribution is -2.51. The third kappa shape index (κ3) is 3.37. The van der Waals surface area contributed by atoms with Gasteiger partial charge < -0.3 is 4.90 Å². The standard InChI is InChI=1S/C18H19ClN4O2S/c19-14-1-2-17-16(10-14)13(11-20)9-18(21-17)23-6-4-22(5-7-23)15-3-8-26(24,25)12-15/h1-2,9-10,15H,3-8,12H2. The van der Waals surface area contributed by atoms with Crippen LogP contribution in [-0.4, -0.2) is 62.0 Å². The monoisotopic (exact) mass is 390 g/mol. The van der Waals surface area contributed by atoms with E-state index in [0.717, 1.165) is 49.3 Å². The van der Waals surface area contributed by atoms with Crippen LogP contribution in [0.25, 0.3) is 10.9 Å². The lowest BCUT2D eigenvalue weighted by Gasteiger charge is -2.38. The molecule has 0 radical (unpaired) electrons. The van der Waals surface area contributed by atoms with Crippen LogP contribution >= 0.6 is 11.6 Å². The number of piperazine rings is 1. The minimum Gasteiger partial charge on any atom is -0.354 e. The number of benzene rings is 1. The number of sulfone groups is 1. The zero-order chi connectivity index (χ0) is 18.3. The van der Waals surface area contributed by atoms with Crippen molar-refractivity contribution in [2.75, 3.05) is 42.6 Å². The second-order valence-corrected chi connectivity index (χ2v) is 9.55. The fourth-order valence-electron chi connectivity index (χ4n) is 3.82. The lowest BCUT2D eigenvalue weighted by atomic mass is 10.1. The van der Waals surface area contributed by atoms with Crippen molar-refractivity contribution in [3.63, 3.8) is 0 Å². The summed E-state index contributed by atoms with van der Waals surface area (Å²) in [5.74, 6) is 1.37. The molecule has 1 unspecified atom stereocenters. The predicted octanol–water partition coefficient (Wildman–Crippen LogP) is 2.07. The zero-order valence-electron chi connectivity index (χ0n) is 14.2. The number of halogens is 1. The number of pyridine rings is 1. The Morgan fingerprint density at radius 2 is 1.96 bits per heavy atom. The summed E-state index contributed by atoms with van der Waals surface area (Å²) in [6.45, 7) is 3.16. The third-order valence-corrected chi connectivity index (χ3v) is 7.23. The van der Waals surface area contributed by atoms with Crippen LogP contribution in [0.15, 0.2) is 24.3 Å². The smallest absolute Gasteiger partial charge is 0.151 e. The van der Waals surface area contributed by atoms with Gasteiger partial charge in [0.25, 0.3) is 0 Å². The average Bonchev–Trinajstić information content (AvgIpc) is 3.01. The van der Waals surface area contributed by atoms with E-state index in [9.17, 15) is 13.7 Å². The second kappa shape index (κ2) is 6.69. The molecule has 2 aliphatic rings. The molecule has 0 saturated carbocycles. The normalized spacial score (nSPS) is 23.2. The van der Waals surface area contributed by atoms with Crippen molar-refractivity contribution in [3.05, 3.63) is 34.9 Å². The largest absolute Gasteiger partial charge is 0.354 e. The maximum absolute atomic E-state index is 11.7. The maximum atomic E-state index is 11.7. The molecule has 6 nitrogen and oxygen atoms in total. The molecule has 1 atom stereocenters. The van der Waals surface area contributed by atoms with E-state index in [1.807, 2.05) is 12.1 Å². The molecule has 3 heterocycles. The molecule has 2 aromatic rings. The van der Waals surface area contributed by atoms with Crippen LogP contribution in [-0.2, 0) is 9.84 Å². The van der Waals surface area contributed by atoms with E-state index in [0.29, 0.717) is 16.3 Å². The van der Waals surface area contributed by atoms with E-state index >= 15 is 0 Å². The van der Waals surface area contributed by atoms with Crippen LogP contribution < -0.4 is 4.90 Å². The van der Waals surface area contributed by atoms with Crippen LogP contribution in [0, 0.1) is 11.3 Å². The van der Waals surface area contributed by atoms with Crippen molar-refractivity contribution in [2.45, 2.75) is 12.5 Å². The number of fused-ring (bicyclic) bond motifs is 1. The Kier molecular flexibility index (Phi) is 4.51. The molecule has 26 heavy (non-hydrogen) atoms. The number of nitriles is 1. The van der Waals surface area contributed by atoms with E-state index in [2.05, 4.69) is 15.9 Å². The van der Waals surface area contributed by atoms with Crippen molar-refractivity contribution < 1.29 is 8.42 Å². The first-order chi connectivity index (χ1) is 12.4. The average molecular weight is 391 g/mol. The van der Waals surface area contributed by atoms with E-state index in [1.54, 1.807) is 12.1 Å². The lowest BCUT2D eigenvalue weighted by molar-refractivity contribution is 0.200. The van der Waals surface area contributed by atoms with Gasteiger partial charge in [-0.2, -0.15) is 5.26 Å². The highest BCUT2D eigenvalue weighted by molar-refractivity contribution is 7.91. The first kappa shape index (κ1) is 17.5. The molecule has 2 saturated heterocycles. The summed E-state index contributed by atoms with van der Waals surface area (Å²) in [5.41, 5.74) is 1.32. The molecule has 0 aliphatic carbocycles. The van der Waals surface area contributed by atoms with Gasteiger partial charge in [-0.1, -0.05) is 11.6 Å². The van der Waals surface area contributed by atoms with Gasteiger partial charge in [0.1, 0.15) is 5.82 Å². The fraction of sp³-hybridized carbons (Fsp3) is 0.444. The van der Waals surface area contributed by atoms with Crippen molar-refractivity contribution >= 4 is 38.2 Å². The van der Waals surface area contributed by atoms with Crippen molar-refractivity contribution in [2.24, 2.45) is 0 Å². The van der Waals surface area contributed by atoms with E-state index < -0.39 is 9.84 Å². The minimum absolute atomic E-state index is 0.142. The topological polar surface area (TPSA) is 77.3 Å². The SMILES string of the molecule is N#Cc1cc(N2CCN(C3CCS(=O)(=O)C3)CC2)nc2ccc(Cl)cc12. The molecular weight excluding hydrogens is 372 g/mol. The molecule has 2 aliphatic heterocycles. The maximum Gasteiger partial charge on any atom is 0.151 e. The Hall–Kier alpha value is -1.88. The van der Waals surface area contributed by atoms with Gasteiger partial charge in [-0.25, -0.2) is 13.4 Å². The van der Waals surface area contributed by atoms with Crippen LogP contribution in [0.4, 0.5) is 5.82 Å². The van der Waals surface area contributed by atoms with Gasteiger partial charge in [0, 0.05) is 42.6 Å². The third-order valence-electron chi connectivity index (χ3n) is 5.24. The first-order valence-corrected chi connectivity index (χ1v) is 10.8. The molecule has 2 fully saturated rings. The molecule has 8 heteroatoms. The highest BCUT2D eigenvalue weighted by Gasteiger charge is 2.33. The summed E-state index contributed by atoms with van der Waals surface area (Å²) < 4.78 is 23.4. The molecule has 0 bridgehead atoms. The van der Waals surface area contributed by atoms with Gasteiger partial charge in [-0.15, -0.1) is 0 Å². The summed E-state index contributed by atoms with van der Waals surface area (Å²) in [6.07, 6.45) is 0.732. The van der Waals surface area contributed by atoms with Gasteiger partial charge in [0.05, 0.1) is 28.7 Å². The van der Waals surface area contributed by atoms with E-state index in [-0.39, 0.29) is 11.8 Å².